The molecular formula is C42H50N6O7. The van der Waals surface area contributed by atoms with Gasteiger partial charge in [-0.3, -0.25) is 0 Å². The summed E-state index contributed by atoms with van der Waals surface area (Å²) in [5.41, 5.74) is 3.59. The molecule has 0 spiro atoms. The molecule has 6 rings (SSSR count). The summed E-state index contributed by atoms with van der Waals surface area (Å²) in [6, 6.07) is 19.4. The lowest BCUT2D eigenvalue weighted by Gasteiger charge is -2.35. The van der Waals surface area contributed by atoms with Crippen LogP contribution in [-0.2, 0) is 54.7 Å². The van der Waals surface area contributed by atoms with E-state index in [4.69, 9.17) is 28.4 Å². The SMILES string of the molecule is COCCOCn1cc(C#CCN2C(=O)N(CC#Cc3cnn(COCCOC)c3)[C@H](Cc3ccccc3)[C@@H]3OC(C)(C)O[C@H]3[C@H]2Cc2ccccc2)cn1. The maximum atomic E-state index is 15.1. The fourth-order valence-electron chi connectivity index (χ4n) is 6.80. The first-order valence-corrected chi connectivity index (χ1v) is 18.5. The Bertz CT molecular complexity index is 1790. The van der Waals surface area contributed by atoms with Gasteiger partial charge in [0, 0.05) is 26.6 Å². The molecule has 0 radical (unpaired) electrons. The van der Waals surface area contributed by atoms with Crippen LogP contribution in [0.4, 0.5) is 4.79 Å². The van der Waals surface area contributed by atoms with Gasteiger partial charge in [-0.25, -0.2) is 14.2 Å². The summed E-state index contributed by atoms with van der Waals surface area (Å²) in [6.07, 6.45) is 7.23. The summed E-state index contributed by atoms with van der Waals surface area (Å²) in [5, 5.41) is 8.75. The number of ether oxygens (including phenoxy) is 6. The van der Waals surface area contributed by atoms with Crippen LogP contribution >= 0.6 is 0 Å². The highest BCUT2D eigenvalue weighted by Crippen LogP contribution is 2.39. The van der Waals surface area contributed by atoms with Gasteiger partial charge in [0.05, 0.1) is 75.1 Å². The molecule has 2 aliphatic rings. The third-order valence-corrected chi connectivity index (χ3v) is 9.33. The quantitative estimate of drug-likeness (QED) is 0.123. The summed E-state index contributed by atoms with van der Waals surface area (Å²) >= 11 is 0. The minimum absolute atomic E-state index is 0.149. The maximum absolute atomic E-state index is 15.1. The molecule has 4 aromatic rings. The molecule has 4 heterocycles. The van der Waals surface area contributed by atoms with Crippen molar-refractivity contribution in [2.45, 2.75) is 70.2 Å². The van der Waals surface area contributed by atoms with E-state index in [1.165, 1.54) is 0 Å². The molecule has 13 nitrogen and oxygen atoms in total. The van der Waals surface area contributed by atoms with Crippen molar-refractivity contribution in [3.63, 3.8) is 0 Å². The molecule has 2 aromatic heterocycles. The van der Waals surface area contributed by atoms with E-state index in [0.29, 0.717) is 50.4 Å². The van der Waals surface area contributed by atoms with Gasteiger partial charge >= 0.3 is 6.03 Å². The topological polar surface area (TPSA) is 115 Å². The molecule has 0 aliphatic carbocycles. The monoisotopic (exact) mass is 750 g/mol. The van der Waals surface area contributed by atoms with Crippen molar-refractivity contribution in [1.82, 2.24) is 29.4 Å². The standard InChI is InChI=1S/C42H50N6O7/c1-42(2)54-39-37(25-33-13-7-5-8-14-33)47(19-11-17-35-27-43-45(29-35)31-52-23-21-50-3)41(49)48(38(40(39)55-42)26-34-15-9-6-10-16-34)20-12-18-36-28-44-46(30-36)32-53-24-22-51-4/h5-10,13-16,27-30,37-40H,19-26,31-32H2,1-4H3/t37-,38-,39+,40+/m1/s1. The molecule has 0 bridgehead atoms. The second-order valence-corrected chi connectivity index (χ2v) is 13.8. The molecule has 0 N–H and O–H groups in total. The van der Waals surface area contributed by atoms with Crippen LogP contribution in [0.15, 0.2) is 85.5 Å². The van der Waals surface area contributed by atoms with Gasteiger partial charge < -0.3 is 38.2 Å². The van der Waals surface area contributed by atoms with Gasteiger partial charge in [-0.1, -0.05) is 84.3 Å². The highest BCUT2D eigenvalue weighted by molar-refractivity contribution is 5.77. The van der Waals surface area contributed by atoms with Crippen molar-refractivity contribution in [1.29, 1.82) is 0 Å². The zero-order valence-corrected chi connectivity index (χ0v) is 32.0. The normalized spacial score (nSPS) is 20.3. The van der Waals surface area contributed by atoms with Gasteiger partial charge in [0.15, 0.2) is 5.79 Å². The Morgan fingerprint density at radius 1 is 0.673 bits per heavy atom. The van der Waals surface area contributed by atoms with Crippen molar-refractivity contribution in [2.75, 3.05) is 53.7 Å². The van der Waals surface area contributed by atoms with Crippen LogP contribution in [0.3, 0.4) is 0 Å². The Kier molecular flexibility index (Phi) is 14.1. The number of urea groups is 1. The molecular weight excluding hydrogens is 700 g/mol. The van der Waals surface area contributed by atoms with Crippen LogP contribution in [0.2, 0.25) is 0 Å². The Hall–Kier alpha value is -4.99. The highest BCUT2D eigenvalue weighted by Gasteiger charge is 2.55. The number of nitrogens with zero attached hydrogens (tertiary/aromatic N) is 6. The molecule has 55 heavy (non-hydrogen) atoms. The molecule has 4 atom stereocenters. The first-order valence-electron chi connectivity index (χ1n) is 18.5. The van der Waals surface area contributed by atoms with Crippen LogP contribution in [0.1, 0.15) is 36.1 Å². The van der Waals surface area contributed by atoms with E-state index in [1.807, 2.05) is 72.4 Å². The predicted octanol–water partition coefficient (Wildman–Crippen LogP) is 4.20. The first kappa shape index (κ1) is 39.7. The van der Waals surface area contributed by atoms with Gasteiger partial charge in [-0.15, -0.1) is 0 Å². The number of hydrogen-bond acceptors (Lipinski definition) is 9. The molecule has 2 aliphatic heterocycles. The van der Waals surface area contributed by atoms with E-state index in [2.05, 4.69) is 58.1 Å². The zero-order valence-electron chi connectivity index (χ0n) is 32.0. The number of benzene rings is 2. The molecule has 13 heteroatoms. The molecule has 0 unspecified atom stereocenters. The molecule has 2 amide bonds. The van der Waals surface area contributed by atoms with Crippen LogP contribution in [0, 0.1) is 23.7 Å². The minimum Gasteiger partial charge on any atom is -0.382 e. The highest BCUT2D eigenvalue weighted by atomic mass is 16.8. The van der Waals surface area contributed by atoms with E-state index in [0.717, 1.165) is 11.1 Å². The third-order valence-electron chi connectivity index (χ3n) is 9.33. The van der Waals surface area contributed by atoms with Crippen molar-refractivity contribution in [2.24, 2.45) is 0 Å². The smallest absolute Gasteiger partial charge is 0.322 e. The lowest BCUT2D eigenvalue weighted by Crippen LogP contribution is -2.52. The van der Waals surface area contributed by atoms with E-state index < -0.39 is 18.0 Å². The first-order chi connectivity index (χ1) is 26.8. The molecule has 2 fully saturated rings. The van der Waals surface area contributed by atoms with E-state index >= 15 is 4.79 Å². The van der Waals surface area contributed by atoms with E-state index in [9.17, 15) is 0 Å². The van der Waals surface area contributed by atoms with Crippen molar-refractivity contribution < 1.29 is 33.2 Å². The molecule has 2 aromatic carbocycles. The summed E-state index contributed by atoms with van der Waals surface area (Å²) in [7, 11) is 3.26. The largest absolute Gasteiger partial charge is 0.382 e. The molecule has 2 saturated heterocycles. The fourth-order valence-corrected chi connectivity index (χ4v) is 6.80. The van der Waals surface area contributed by atoms with Crippen molar-refractivity contribution in [3.05, 3.63) is 108 Å². The number of hydrogen-bond donors (Lipinski definition) is 0. The molecule has 0 saturated carbocycles. The van der Waals surface area contributed by atoms with E-state index in [-0.39, 0.29) is 44.7 Å². The number of fused-ring (bicyclic) bond motifs is 1. The Balaban J connectivity index is 1.33. The van der Waals surface area contributed by atoms with Gasteiger partial charge in [-0.05, 0) is 37.8 Å². The van der Waals surface area contributed by atoms with Crippen molar-refractivity contribution in [3.8, 4) is 23.7 Å². The zero-order chi connectivity index (χ0) is 38.5. The summed E-state index contributed by atoms with van der Waals surface area (Å²) in [6.45, 7) is 6.66. The number of aromatic nitrogens is 4. The lowest BCUT2D eigenvalue weighted by atomic mass is 9.91. The van der Waals surface area contributed by atoms with Gasteiger partial charge in [0.1, 0.15) is 25.7 Å². The fraction of sp³-hybridized carbons (Fsp3) is 0.452. The predicted molar refractivity (Wildman–Crippen MR) is 204 cm³/mol. The number of amides is 2. The van der Waals surface area contributed by atoms with Gasteiger partial charge in [-0.2, -0.15) is 10.2 Å². The van der Waals surface area contributed by atoms with Gasteiger partial charge in [0.25, 0.3) is 0 Å². The second kappa shape index (κ2) is 19.6. The Morgan fingerprint density at radius 3 is 1.53 bits per heavy atom. The van der Waals surface area contributed by atoms with E-state index in [1.54, 1.807) is 36.0 Å². The number of carbonyl (C=O) groups excluding carboxylic acids is 1. The summed E-state index contributed by atoms with van der Waals surface area (Å²) < 4.78 is 38.2. The Labute approximate surface area is 323 Å². The minimum atomic E-state index is -0.881. The van der Waals surface area contributed by atoms with Crippen LogP contribution in [0.5, 0.6) is 0 Å². The second-order valence-electron chi connectivity index (χ2n) is 13.8. The number of rotatable bonds is 16. The lowest BCUT2D eigenvalue weighted by molar-refractivity contribution is -0.156. The third kappa shape index (κ3) is 11.0. The average Bonchev–Trinajstić information content (AvgIpc) is 3.92. The summed E-state index contributed by atoms with van der Waals surface area (Å²) in [5.74, 6) is 12.1. The van der Waals surface area contributed by atoms with Crippen LogP contribution in [-0.4, -0.2) is 119 Å². The summed E-state index contributed by atoms with van der Waals surface area (Å²) in [4.78, 5) is 18.8. The molecule has 290 valence electrons. The van der Waals surface area contributed by atoms with Crippen molar-refractivity contribution >= 4 is 6.03 Å². The van der Waals surface area contributed by atoms with Crippen LogP contribution in [0.25, 0.3) is 0 Å². The number of methoxy groups -OCH3 is 2. The van der Waals surface area contributed by atoms with Crippen LogP contribution < -0.4 is 0 Å². The average molecular weight is 751 g/mol. The number of carbonyl (C=O) groups is 1. The van der Waals surface area contributed by atoms with Gasteiger partial charge in [0.2, 0.25) is 0 Å². The Morgan fingerprint density at radius 2 is 1.11 bits per heavy atom. The maximum Gasteiger partial charge on any atom is 0.322 e.